The predicted octanol–water partition coefficient (Wildman–Crippen LogP) is 1.16. The Morgan fingerprint density at radius 2 is 2.25 bits per heavy atom. The van der Waals surface area contributed by atoms with Crippen LogP contribution in [-0.2, 0) is 9.53 Å². The summed E-state index contributed by atoms with van der Waals surface area (Å²) in [4.78, 5) is 10.9. The van der Waals surface area contributed by atoms with E-state index in [2.05, 4.69) is 5.32 Å². The number of amides is 1. The highest BCUT2D eigenvalue weighted by Crippen LogP contribution is 1.97. The van der Waals surface area contributed by atoms with Gasteiger partial charge in [0.1, 0.15) is 6.61 Å². The topological polar surface area (TPSA) is 38.3 Å². The molecule has 0 aromatic carbocycles. The summed E-state index contributed by atoms with van der Waals surface area (Å²) in [6.07, 6.45) is 0.858. The standard InChI is InChI=1S/C8H16ClNO2/c1-3-7(9)5-10-8(11)6-12-4-2/h7H,3-6H2,1-2H3,(H,10,11). The number of ether oxygens (including phenoxy) is 1. The van der Waals surface area contributed by atoms with Crippen LogP contribution in [0.5, 0.6) is 0 Å². The van der Waals surface area contributed by atoms with Crippen LogP contribution in [0.4, 0.5) is 0 Å². The molecular weight excluding hydrogens is 178 g/mol. The van der Waals surface area contributed by atoms with Crippen molar-refractivity contribution in [1.29, 1.82) is 0 Å². The monoisotopic (exact) mass is 193 g/mol. The van der Waals surface area contributed by atoms with E-state index in [0.717, 1.165) is 6.42 Å². The van der Waals surface area contributed by atoms with Gasteiger partial charge in [0.15, 0.2) is 0 Å². The zero-order valence-electron chi connectivity index (χ0n) is 7.60. The smallest absolute Gasteiger partial charge is 0.246 e. The largest absolute Gasteiger partial charge is 0.372 e. The molecule has 0 heterocycles. The first-order chi connectivity index (χ1) is 5.70. The molecule has 0 aliphatic carbocycles. The van der Waals surface area contributed by atoms with Crippen LogP contribution in [0.25, 0.3) is 0 Å². The number of rotatable bonds is 6. The van der Waals surface area contributed by atoms with E-state index < -0.39 is 0 Å². The molecular formula is C8H16ClNO2. The molecule has 3 nitrogen and oxygen atoms in total. The van der Waals surface area contributed by atoms with Crippen LogP contribution in [0.1, 0.15) is 20.3 Å². The lowest BCUT2D eigenvalue weighted by Gasteiger charge is -2.07. The van der Waals surface area contributed by atoms with Crippen molar-refractivity contribution in [2.75, 3.05) is 19.8 Å². The van der Waals surface area contributed by atoms with E-state index in [0.29, 0.717) is 13.2 Å². The first-order valence-electron chi connectivity index (χ1n) is 4.19. The van der Waals surface area contributed by atoms with Gasteiger partial charge in [0, 0.05) is 13.2 Å². The summed E-state index contributed by atoms with van der Waals surface area (Å²) in [6, 6.07) is 0. The third-order valence-electron chi connectivity index (χ3n) is 1.40. The van der Waals surface area contributed by atoms with Crippen LogP contribution in [0, 0.1) is 0 Å². The second kappa shape index (κ2) is 7.37. The van der Waals surface area contributed by atoms with Crippen LogP contribution in [0.2, 0.25) is 0 Å². The summed E-state index contributed by atoms with van der Waals surface area (Å²) < 4.78 is 4.91. The molecule has 0 aromatic rings. The lowest BCUT2D eigenvalue weighted by molar-refractivity contribution is -0.125. The minimum atomic E-state index is -0.101. The van der Waals surface area contributed by atoms with Crippen LogP contribution in [0.3, 0.4) is 0 Å². The van der Waals surface area contributed by atoms with E-state index in [1.165, 1.54) is 0 Å². The lowest BCUT2D eigenvalue weighted by atomic mass is 10.3. The Hall–Kier alpha value is -0.280. The Bertz CT molecular complexity index is 130. The summed E-state index contributed by atoms with van der Waals surface area (Å²) in [6.45, 7) is 5.04. The maximum absolute atomic E-state index is 10.9. The van der Waals surface area contributed by atoms with Gasteiger partial charge in [0.05, 0.1) is 5.38 Å². The van der Waals surface area contributed by atoms with Crippen molar-refractivity contribution < 1.29 is 9.53 Å². The van der Waals surface area contributed by atoms with Crippen LogP contribution in [-0.4, -0.2) is 31.0 Å². The van der Waals surface area contributed by atoms with Crippen molar-refractivity contribution in [2.45, 2.75) is 25.6 Å². The minimum absolute atomic E-state index is 0.0237. The summed E-state index contributed by atoms with van der Waals surface area (Å²) in [5, 5.41) is 2.70. The van der Waals surface area contributed by atoms with Crippen LogP contribution >= 0.6 is 11.6 Å². The fourth-order valence-electron chi connectivity index (χ4n) is 0.615. The highest BCUT2D eigenvalue weighted by atomic mass is 35.5. The number of hydrogen-bond acceptors (Lipinski definition) is 2. The number of nitrogens with one attached hydrogen (secondary N) is 1. The van der Waals surface area contributed by atoms with Gasteiger partial charge in [-0.2, -0.15) is 0 Å². The fraction of sp³-hybridized carbons (Fsp3) is 0.875. The molecule has 0 bridgehead atoms. The normalized spacial score (nSPS) is 12.6. The zero-order valence-corrected chi connectivity index (χ0v) is 8.36. The molecule has 0 fully saturated rings. The molecule has 12 heavy (non-hydrogen) atoms. The average Bonchev–Trinajstić information content (AvgIpc) is 2.10. The summed E-state index contributed by atoms with van der Waals surface area (Å²) in [5.74, 6) is -0.101. The van der Waals surface area contributed by atoms with E-state index in [1.54, 1.807) is 0 Å². The zero-order chi connectivity index (χ0) is 9.40. The van der Waals surface area contributed by atoms with E-state index in [1.807, 2.05) is 13.8 Å². The van der Waals surface area contributed by atoms with Gasteiger partial charge < -0.3 is 10.1 Å². The molecule has 72 valence electrons. The van der Waals surface area contributed by atoms with Gasteiger partial charge in [-0.15, -0.1) is 11.6 Å². The Kier molecular flexibility index (Phi) is 7.20. The molecule has 0 aliphatic rings. The fourth-order valence-corrected chi connectivity index (χ4v) is 0.692. The lowest BCUT2D eigenvalue weighted by Crippen LogP contribution is -2.32. The average molecular weight is 194 g/mol. The molecule has 1 unspecified atom stereocenters. The Morgan fingerprint density at radius 3 is 2.75 bits per heavy atom. The minimum Gasteiger partial charge on any atom is -0.372 e. The molecule has 0 spiro atoms. The third kappa shape index (κ3) is 6.43. The molecule has 1 N–H and O–H groups in total. The number of carbonyl (C=O) groups excluding carboxylic acids is 1. The van der Waals surface area contributed by atoms with Gasteiger partial charge in [0.25, 0.3) is 0 Å². The predicted molar refractivity (Wildman–Crippen MR) is 49.4 cm³/mol. The third-order valence-corrected chi connectivity index (χ3v) is 1.86. The molecule has 0 saturated carbocycles. The highest BCUT2D eigenvalue weighted by Gasteiger charge is 2.04. The van der Waals surface area contributed by atoms with Gasteiger partial charge in [-0.25, -0.2) is 0 Å². The van der Waals surface area contributed by atoms with Gasteiger partial charge >= 0.3 is 0 Å². The van der Waals surface area contributed by atoms with Crippen molar-refractivity contribution in [2.24, 2.45) is 0 Å². The molecule has 0 rings (SSSR count). The van der Waals surface area contributed by atoms with E-state index in [-0.39, 0.29) is 17.9 Å². The number of halogens is 1. The molecule has 0 aromatic heterocycles. The SMILES string of the molecule is CCOCC(=O)NCC(Cl)CC. The molecule has 4 heteroatoms. The quantitative estimate of drug-likeness (QED) is 0.643. The summed E-state index contributed by atoms with van der Waals surface area (Å²) >= 11 is 5.79. The van der Waals surface area contributed by atoms with E-state index in [9.17, 15) is 4.79 Å². The van der Waals surface area contributed by atoms with Crippen molar-refractivity contribution in [3.05, 3.63) is 0 Å². The highest BCUT2D eigenvalue weighted by molar-refractivity contribution is 6.20. The second-order valence-electron chi connectivity index (χ2n) is 2.45. The number of alkyl halides is 1. The van der Waals surface area contributed by atoms with E-state index >= 15 is 0 Å². The van der Waals surface area contributed by atoms with Crippen molar-refractivity contribution in [1.82, 2.24) is 5.32 Å². The van der Waals surface area contributed by atoms with Crippen LogP contribution < -0.4 is 5.32 Å². The summed E-state index contributed by atoms with van der Waals surface area (Å²) in [7, 11) is 0. The Morgan fingerprint density at radius 1 is 1.58 bits per heavy atom. The molecule has 0 radical (unpaired) electrons. The van der Waals surface area contributed by atoms with Crippen molar-refractivity contribution in [3.8, 4) is 0 Å². The summed E-state index contributed by atoms with van der Waals surface area (Å²) in [5.41, 5.74) is 0. The molecule has 1 amide bonds. The number of hydrogen-bond donors (Lipinski definition) is 1. The first-order valence-corrected chi connectivity index (χ1v) is 4.62. The van der Waals surface area contributed by atoms with Crippen molar-refractivity contribution >= 4 is 17.5 Å². The van der Waals surface area contributed by atoms with Crippen molar-refractivity contribution in [3.63, 3.8) is 0 Å². The molecule has 0 saturated heterocycles. The molecule has 0 aliphatic heterocycles. The molecule has 1 atom stereocenters. The second-order valence-corrected chi connectivity index (χ2v) is 3.06. The van der Waals surface area contributed by atoms with Gasteiger partial charge in [0.2, 0.25) is 5.91 Å². The van der Waals surface area contributed by atoms with Gasteiger partial charge in [-0.05, 0) is 13.3 Å². The Labute approximate surface area is 78.4 Å². The number of carbonyl (C=O) groups is 1. The Balaban J connectivity index is 3.31. The van der Waals surface area contributed by atoms with E-state index in [4.69, 9.17) is 16.3 Å². The van der Waals surface area contributed by atoms with Gasteiger partial charge in [-0.3, -0.25) is 4.79 Å². The van der Waals surface area contributed by atoms with Gasteiger partial charge in [-0.1, -0.05) is 6.92 Å². The first kappa shape index (κ1) is 11.7. The van der Waals surface area contributed by atoms with Crippen LogP contribution in [0.15, 0.2) is 0 Å². The maximum atomic E-state index is 10.9. The maximum Gasteiger partial charge on any atom is 0.246 e.